The van der Waals surface area contributed by atoms with Gasteiger partial charge in [0.2, 0.25) is 11.8 Å². The maximum absolute atomic E-state index is 12.7. The summed E-state index contributed by atoms with van der Waals surface area (Å²) in [5.41, 5.74) is 2.17. The summed E-state index contributed by atoms with van der Waals surface area (Å²) in [4.78, 5) is 39.4. The molecule has 0 aliphatic carbocycles. The second kappa shape index (κ2) is 7.23. The zero-order chi connectivity index (χ0) is 18.0. The number of rotatable bonds is 4. The highest BCUT2D eigenvalue weighted by molar-refractivity contribution is 5.91. The lowest BCUT2D eigenvalue weighted by molar-refractivity contribution is -0.160. The predicted octanol–water partition coefficient (Wildman–Crippen LogP) is 0.656. The van der Waals surface area contributed by atoms with Gasteiger partial charge < -0.3 is 19.6 Å². The molecule has 0 spiro atoms. The second-order valence-electron chi connectivity index (χ2n) is 6.62. The fraction of sp³-hybridized carbons (Fsp3) is 0.500. The second-order valence-corrected chi connectivity index (χ2v) is 6.62. The summed E-state index contributed by atoms with van der Waals surface area (Å²) in [5, 5.41) is 9.27. The zero-order valence-corrected chi connectivity index (χ0v) is 14.2. The average Bonchev–Trinajstić information content (AvgIpc) is 2.97. The van der Waals surface area contributed by atoms with Crippen molar-refractivity contribution in [1.29, 1.82) is 0 Å². The van der Waals surface area contributed by atoms with Crippen molar-refractivity contribution in [2.24, 2.45) is 5.92 Å². The smallest absolute Gasteiger partial charge is 0.328 e. The van der Waals surface area contributed by atoms with E-state index in [0.29, 0.717) is 19.7 Å². The summed E-state index contributed by atoms with van der Waals surface area (Å²) in [6.07, 6.45) is 0.133. The maximum Gasteiger partial charge on any atom is 0.328 e. The average molecular weight is 346 g/mol. The topological polar surface area (TPSA) is 87.2 Å². The molecule has 2 atom stereocenters. The molecule has 1 aromatic carbocycles. The van der Waals surface area contributed by atoms with Crippen LogP contribution in [0.5, 0.6) is 0 Å². The van der Waals surface area contributed by atoms with Gasteiger partial charge in [-0.05, 0) is 12.5 Å². The first-order valence-electron chi connectivity index (χ1n) is 8.40. The summed E-state index contributed by atoms with van der Waals surface area (Å²) < 4.78 is 5.17. The Balaban J connectivity index is 1.65. The Morgan fingerprint density at radius 2 is 2.00 bits per heavy atom. The number of nitrogens with zero attached hydrogens (tertiary/aromatic N) is 2. The van der Waals surface area contributed by atoms with E-state index in [1.807, 2.05) is 31.2 Å². The molecule has 1 aromatic rings. The number of morpholine rings is 1. The largest absolute Gasteiger partial charge is 0.480 e. The highest BCUT2D eigenvalue weighted by atomic mass is 16.5. The van der Waals surface area contributed by atoms with E-state index in [1.165, 1.54) is 4.90 Å². The third-order valence-corrected chi connectivity index (χ3v) is 4.75. The summed E-state index contributed by atoms with van der Waals surface area (Å²) in [6, 6.07) is 6.95. The van der Waals surface area contributed by atoms with Crippen molar-refractivity contribution >= 4 is 17.8 Å². The van der Waals surface area contributed by atoms with Gasteiger partial charge in [-0.2, -0.15) is 0 Å². The normalized spacial score (nSPS) is 23.8. The van der Waals surface area contributed by atoms with Gasteiger partial charge in [-0.3, -0.25) is 9.59 Å². The van der Waals surface area contributed by atoms with Crippen LogP contribution < -0.4 is 0 Å². The molecule has 2 aliphatic rings. The highest BCUT2D eigenvalue weighted by Gasteiger charge is 2.41. The van der Waals surface area contributed by atoms with E-state index >= 15 is 0 Å². The Morgan fingerprint density at radius 3 is 2.68 bits per heavy atom. The van der Waals surface area contributed by atoms with E-state index in [0.717, 1.165) is 11.1 Å². The molecule has 25 heavy (non-hydrogen) atoms. The van der Waals surface area contributed by atoms with Crippen LogP contribution in [0.1, 0.15) is 17.5 Å². The third-order valence-electron chi connectivity index (χ3n) is 4.75. The SMILES string of the molecule is Cc1ccc(CN2CC(C(=O)N3CCOCC3C(=O)O)CC2=O)cc1. The molecule has 2 fully saturated rings. The molecule has 2 heterocycles. The molecule has 3 rings (SSSR count). The molecule has 7 heteroatoms. The number of carbonyl (C=O) groups is 3. The number of likely N-dealkylation sites (tertiary alicyclic amines) is 1. The van der Waals surface area contributed by atoms with E-state index in [4.69, 9.17) is 4.74 Å². The fourth-order valence-electron chi connectivity index (χ4n) is 3.31. The van der Waals surface area contributed by atoms with Gasteiger partial charge in [0.05, 0.1) is 19.1 Å². The lowest BCUT2D eigenvalue weighted by Gasteiger charge is -2.34. The minimum atomic E-state index is -1.08. The van der Waals surface area contributed by atoms with E-state index in [-0.39, 0.29) is 31.4 Å². The van der Waals surface area contributed by atoms with Crippen molar-refractivity contribution in [2.75, 3.05) is 26.3 Å². The Kier molecular flexibility index (Phi) is 5.03. The first kappa shape index (κ1) is 17.4. The number of aliphatic carboxylic acids is 1. The summed E-state index contributed by atoms with van der Waals surface area (Å²) in [7, 11) is 0. The van der Waals surface area contributed by atoms with Gasteiger partial charge in [0, 0.05) is 26.1 Å². The molecule has 0 bridgehead atoms. The van der Waals surface area contributed by atoms with Crippen LogP contribution in [0, 0.1) is 12.8 Å². The molecular weight excluding hydrogens is 324 g/mol. The molecule has 2 unspecified atom stereocenters. The fourth-order valence-corrected chi connectivity index (χ4v) is 3.31. The van der Waals surface area contributed by atoms with Crippen LogP contribution in [0.4, 0.5) is 0 Å². The number of carbonyl (C=O) groups excluding carboxylic acids is 2. The van der Waals surface area contributed by atoms with Crippen molar-refractivity contribution in [2.45, 2.75) is 25.9 Å². The molecule has 134 valence electrons. The quantitative estimate of drug-likeness (QED) is 0.865. The van der Waals surface area contributed by atoms with Gasteiger partial charge in [-0.25, -0.2) is 4.79 Å². The minimum absolute atomic E-state index is 0.00514. The van der Waals surface area contributed by atoms with Crippen molar-refractivity contribution in [3.05, 3.63) is 35.4 Å². The molecule has 0 saturated carbocycles. The summed E-state index contributed by atoms with van der Waals surface area (Å²) in [5.74, 6) is -1.90. The first-order chi connectivity index (χ1) is 12.0. The minimum Gasteiger partial charge on any atom is -0.480 e. The van der Waals surface area contributed by atoms with E-state index in [1.54, 1.807) is 4.90 Å². The van der Waals surface area contributed by atoms with Gasteiger partial charge in [-0.1, -0.05) is 29.8 Å². The van der Waals surface area contributed by atoms with Gasteiger partial charge in [0.25, 0.3) is 0 Å². The van der Waals surface area contributed by atoms with Crippen molar-refractivity contribution < 1.29 is 24.2 Å². The molecule has 7 nitrogen and oxygen atoms in total. The Bertz CT molecular complexity index is 673. The first-order valence-corrected chi connectivity index (χ1v) is 8.40. The van der Waals surface area contributed by atoms with Crippen molar-refractivity contribution in [3.8, 4) is 0 Å². The van der Waals surface area contributed by atoms with E-state index < -0.39 is 17.9 Å². The monoisotopic (exact) mass is 346 g/mol. The molecule has 0 radical (unpaired) electrons. The van der Waals surface area contributed by atoms with Crippen LogP contribution >= 0.6 is 0 Å². The molecule has 2 amide bonds. The van der Waals surface area contributed by atoms with E-state index in [2.05, 4.69) is 0 Å². The predicted molar refractivity (Wildman–Crippen MR) is 88.7 cm³/mol. The number of carboxylic acid groups (broad SMARTS) is 1. The number of aryl methyl sites for hydroxylation is 1. The Hall–Kier alpha value is -2.41. The zero-order valence-electron chi connectivity index (χ0n) is 14.2. The number of benzene rings is 1. The van der Waals surface area contributed by atoms with Crippen LogP contribution in [0.15, 0.2) is 24.3 Å². The van der Waals surface area contributed by atoms with Crippen molar-refractivity contribution in [3.63, 3.8) is 0 Å². The highest BCUT2D eigenvalue weighted by Crippen LogP contribution is 2.24. The van der Waals surface area contributed by atoms with Gasteiger partial charge in [0.1, 0.15) is 0 Å². The van der Waals surface area contributed by atoms with Crippen LogP contribution in [0.3, 0.4) is 0 Å². The molecule has 2 saturated heterocycles. The number of hydrogen-bond donors (Lipinski definition) is 1. The molecule has 2 aliphatic heterocycles. The third kappa shape index (κ3) is 3.82. The lowest BCUT2D eigenvalue weighted by Crippen LogP contribution is -2.54. The summed E-state index contributed by atoms with van der Waals surface area (Å²) in [6.45, 7) is 3.36. The van der Waals surface area contributed by atoms with Gasteiger partial charge in [-0.15, -0.1) is 0 Å². The van der Waals surface area contributed by atoms with Crippen LogP contribution in [0.25, 0.3) is 0 Å². The van der Waals surface area contributed by atoms with Gasteiger partial charge in [0.15, 0.2) is 6.04 Å². The number of amides is 2. The lowest BCUT2D eigenvalue weighted by atomic mass is 10.1. The Morgan fingerprint density at radius 1 is 1.28 bits per heavy atom. The van der Waals surface area contributed by atoms with Crippen molar-refractivity contribution in [1.82, 2.24) is 9.80 Å². The maximum atomic E-state index is 12.7. The van der Waals surface area contributed by atoms with Crippen LogP contribution in [-0.4, -0.2) is 65.0 Å². The van der Waals surface area contributed by atoms with Crippen LogP contribution in [0.2, 0.25) is 0 Å². The van der Waals surface area contributed by atoms with Crippen LogP contribution in [-0.2, 0) is 25.7 Å². The number of carboxylic acids is 1. The molecular formula is C18H22N2O5. The number of ether oxygens (including phenoxy) is 1. The summed E-state index contributed by atoms with van der Waals surface area (Å²) >= 11 is 0. The molecule has 0 aromatic heterocycles. The van der Waals surface area contributed by atoms with E-state index in [9.17, 15) is 19.5 Å². The van der Waals surface area contributed by atoms with Gasteiger partial charge >= 0.3 is 5.97 Å². The Labute approximate surface area is 146 Å². The standard InChI is InChI=1S/C18H22N2O5/c1-12-2-4-13(5-3-12)9-19-10-14(8-16(19)21)17(22)20-6-7-25-11-15(20)18(23)24/h2-5,14-15H,6-11H2,1H3,(H,23,24). The number of hydrogen-bond acceptors (Lipinski definition) is 4. The molecule has 1 N–H and O–H groups in total.